The minimum atomic E-state index is -3.14. The average molecular weight is 225 g/mol. The molecule has 0 radical (unpaired) electrons. The van der Waals surface area contributed by atoms with Crippen LogP contribution in [0.15, 0.2) is 38.4 Å². The minimum absolute atomic E-state index is 0.296. The lowest BCUT2D eigenvalue weighted by Crippen LogP contribution is -1.96. The van der Waals surface area contributed by atoms with Crippen LogP contribution in [0.5, 0.6) is 0 Å². The van der Waals surface area contributed by atoms with Gasteiger partial charge < -0.3 is 0 Å². The van der Waals surface area contributed by atoms with Crippen molar-refractivity contribution in [2.75, 3.05) is 6.26 Å². The number of hydrogen-bond acceptors (Lipinski definition) is 4. The predicted molar refractivity (Wildman–Crippen MR) is 57.1 cm³/mol. The first kappa shape index (κ1) is 9.52. The summed E-state index contributed by atoms with van der Waals surface area (Å²) in [4.78, 5) is 5.23. The van der Waals surface area contributed by atoms with Gasteiger partial charge in [0.1, 0.15) is 0 Å². The van der Waals surface area contributed by atoms with Crippen molar-refractivity contribution in [3.05, 3.63) is 23.6 Å². The van der Waals surface area contributed by atoms with Crippen molar-refractivity contribution < 1.29 is 8.42 Å². The number of nitrogens with zero attached hydrogens (tertiary/aromatic N) is 1. The van der Waals surface area contributed by atoms with Crippen molar-refractivity contribution in [1.29, 1.82) is 0 Å². The SMILES string of the molecule is CS(=O)(=O)c1ccc2c(c1)N=C=CS2. The molecule has 0 bridgehead atoms. The highest BCUT2D eigenvalue weighted by Crippen LogP contribution is 2.33. The predicted octanol–water partition coefficient (Wildman–Crippen LogP) is 2.01. The molecular formula is C9H7NO2S2. The quantitative estimate of drug-likeness (QED) is 0.734. The summed E-state index contributed by atoms with van der Waals surface area (Å²) >= 11 is 1.48. The minimum Gasteiger partial charge on any atom is -0.224 e. The number of fused-ring (bicyclic) bond motifs is 1. The highest BCUT2D eigenvalue weighted by atomic mass is 32.2. The average Bonchev–Trinajstić information content (AvgIpc) is 2.16. The Kier molecular flexibility index (Phi) is 2.23. The third-order valence-electron chi connectivity index (χ3n) is 1.78. The first-order chi connectivity index (χ1) is 6.57. The molecule has 0 saturated heterocycles. The van der Waals surface area contributed by atoms with Gasteiger partial charge in [-0.1, -0.05) is 11.8 Å². The van der Waals surface area contributed by atoms with Crippen LogP contribution in [-0.2, 0) is 9.84 Å². The first-order valence-corrected chi connectivity index (χ1v) is 6.63. The van der Waals surface area contributed by atoms with Crippen molar-refractivity contribution in [2.24, 2.45) is 4.99 Å². The summed E-state index contributed by atoms with van der Waals surface area (Å²) in [7, 11) is -3.14. The Hall–Kier alpha value is -1.03. The summed E-state index contributed by atoms with van der Waals surface area (Å²) in [5.74, 6) is 2.69. The van der Waals surface area contributed by atoms with Gasteiger partial charge in [0.05, 0.1) is 10.6 Å². The summed E-state index contributed by atoms with van der Waals surface area (Å²) in [5.41, 5.74) is 0.667. The Morgan fingerprint density at radius 2 is 2.21 bits per heavy atom. The molecule has 0 fully saturated rings. The molecule has 0 atom stereocenters. The van der Waals surface area contributed by atoms with Crippen LogP contribution in [0.25, 0.3) is 0 Å². The van der Waals surface area contributed by atoms with E-state index in [4.69, 9.17) is 0 Å². The standard InChI is InChI=1S/C9H7NO2S2/c1-14(11,12)7-2-3-9-8(6-7)10-4-5-13-9/h2-3,5-6H,1H3. The first-order valence-electron chi connectivity index (χ1n) is 3.86. The molecule has 0 aliphatic carbocycles. The highest BCUT2D eigenvalue weighted by Gasteiger charge is 2.11. The van der Waals surface area contributed by atoms with Gasteiger partial charge in [0.15, 0.2) is 9.84 Å². The molecule has 2 rings (SSSR count). The number of hydrogen-bond donors (Lipinski definition) is 0. The molecule has 1 heterocycles. The lowest BCUT2D eigenvalue weighted by molar-refractivity contribution is 0.602. The van der Waals surface area contributed by atoms with Crippen LogP contribution in [0.1, 0.15) is 0 Å². The van der Waals surface area contributed by atoms with Crippen LogP contribution >= 0.6 is 11.8 Å². The second-order valence-corrected chi connectivity index (χ2v) is 5.81. The van der Waals surface area contributed by atoms with Gasteiger partial charge in [-0.3, -0.25) is 0 Å². The number of aliphatic imine (C=N–C) groups is 1. The Labute approximate surface area is 86.5 Å². The van der Waals surface area contributed by atoms with Crippen molar-refractivity contribution in [1.82, 2.24) is 0 Å². The van der Waals surface area contributed by atoms with E-state index < -0.39 is 9.84 Å². The summed E-state index contributed by atoms with van der Waals surface area (Å²) in [6, 6.07) is 4.92. The normalized spacial score (nSPS) is 14.1. The van der Waals surface area contributed by atoms with Gasteiger partial charge in [0.2, 0.25) is 0 Å². The largest absolute Gasteiger partial charge is 0.224 e. The Balaban J connectivity index is 2.62. The zero-order valence-corrected chi connectivity index (χ0v) is 9.02. The van der Waals surface area contributed by atoms with Gasteiger partial charge in [-0.05, 0) is 24.1 Å². The third-order valence-corrected chi connectivity index (χ3v) is 3.71. The van der Waals surface area contributed by atoms with Gasteiger partial charge >= 0.3 is 0 Å². The van der Waals surface area contributed by atoms with E-state index in [9.17, 15) is 8.42 Å². The summed E-state index contributed by atoms with van der Waals surface area (Å²) in [5, 5.41) is 1.74. The van der Waals surface area contributed by atoms with Gasteiger partial charge in [-0.15, -0.1) is 0 Å². The second-order valence-electron chi connectivity index (χ2n) is 2.88. The molecule has 0 N–H and O–H groups in total. The maximum absolute atomic E-state index is 11.2. The highest BCUT2D eigenvalue weighted by molar-refractivity contribution is 8.02. The second kappa shape index (κ2) is 3.28. The van der Waals surface area contributed by atoms with Crippen LogP contribution in [0.2, 0.25) is 0 Å². The fraction of sp³-hybridized carbons (Fsp3) is 0.111. The maximum Gasteiger partial charge on any atom is 0.175 e. The van der Waals surface area contributed by atoms with E-state index in [-0.39, 0.29) is 0 Å². The smallest absolute Gasteiger partial charge is 0.175 e. The zero-order valence-electron chi connectivity index (χ0n) is 7.39. The number of rotatable bonds is 1. The Morgan fingerprint density at radius 3 is 2.93 bits per heavy atom. The summed E-state index contributed by atoms with van der Waals surface area (Å²) < 4.78 is 22.5. The molecule has 0 spiro atoms. The molecule has 0 unspecified atom stereocenters. The van der Waals surface area contributed by atoms with Crippen molar-refractivity contribution in [2.45, 2.75) is 9.79 Å². The molecule has 1 aliphatic rings. The maximum atomic E-state index is 11.2. The summed E-state index contributed by atoms with van der Waals surface area (Å²) in [6.45, 7) is 0. The van der Waals surface area contributed by atoms with E-state index in [1.165, 1.54) is 18.0 Å². The third kappa shape index (κ3) is 1.75. The van der Waals surface area contributed by atoms with Crippen molar-refractivity contribution in [3.63, 3.8) is 0 Å². The Morgan fingerprint density at radius 1 is 1.43 bits per heavy atom. The fourth-order valence-corrected chi connectivity index (χ4v) is 2.35. The van der Waals surface area contributed by atoms with E-state index in [1.807, 2.05) is 0 Å². The molecule has 1 aliphatic heterocycles. The van der Waals surface area contributed by atoms with Crippen LogP contribution in [0, 0.1) is 0 Å². The van der Waals surface area contributed by atoms with Crippen LogP contribution < -0.4 is 0 Å². The Bertz CT molecular complexity index is 540. The van der Waals surface area contributed by atoms with E-state index in [1.54, 1.807) is 23.6 Å². The van der Waals surface area contributed by atoms with E-state index in [2.05, 4.69) is 10.9 Å². The lowest BCUT2D eigenvalue weighted by atomic mass is 10.3. The summed E-state index contributed by atoms with van der Waals surface area (Å²) in [6.07, 6.45) is 1.18. The molecule has 0 amide bonds. The van der Waals surface area contributed by atoms with E-state index in [0.717, 1.165) is 4.90 Å². The van der Waals surface area contributed by atoms with Gasteiger partial charge in [-0.25, -0.2) is 13.4 Å². The number of sulfone groups is 1. The van der Waals surface area contributed by atoms with Crippen LogP contribution in [0.3, 0.4) is 0 Å². The molecule has 0 aromatic heterocycles. The van der Waals surface area contributed by atoms with Crippen molar-refractivity contribution >= 4 is 33.2 Å². The number of benzene rings is 1. The van der Waals surface area contributed by atoms with E-state index >= 15 is 0 Å². The molecule has 14 heavy (non-hydrogen) atoms. The number of thioether (sulfide) groups is 1. The van der Waals surface area contributed by atoms with E-state index in [0.29, 0.717) is 10.6 Å². The lowest BCUT2D eigenvalue weighted by Gasteiger charge is -2.05. The molecular weight excluding hydrogens is 218 g/mol. The van der Waals surface area contributed by atoms with Crippen LogP contribution in [-0.4, -0.2) is 20.5 Å². The fourth-order valence-electron chi connectivity index (χ4n) is 1.10. The zero-order chi connectivity index (χ0) is 10.2. The molecule has 72 valence electrons. The van der Waals surface area contributed by atoms with Crippen LogP contribution in [0.4, 0.5) is 5.69 Å². The molecule has 0 saturated carbocycles. The molecule has 3 nitrogen and oxygen atoms in total. The molecule has 1 aromatic carbocycles. The van der Waals surface area contributed by atoms with Gasteiger partial charge in [0.25, 0.3) is 0 Å². The van der Waals surface area contributed by atoms with Gasteiger partial charge in [0, 0.05) is 16.6 Å². The van der Waals surface area contributed by atoms with Crippen molar-refractivity contribution in [3.8, 4) is 0 Å². The molecule has 5 heteroatoms. The monoisotopic (exact) mass is 225 g/mol. The molecule has 1 aromatic rings. The van der Waals surface area contributed by atoms with Gasteiger partial charge in [-0.2, -0.15) is 0 Å². The topological polar surface area (TPSA) is 46.5 Å².